The minimum Gasteiger partial charge on any atom is -0.340 e. The molecule has 1 aromatic carbocycles. The Morgan fingerprint density at radius 1 is 1.19 bits per heavy atom. The van der Waals surface area contributed by atoms with E-state index in [1.54, 1.807) is 6.92 Å². The molecule has 0 unspecified atom stereocenters. The smallest absolute Gasteiger partial charge is 0.244 e. The number of aryl methyl sites for hydroxylation is 2. The largest absolute Gasteiger partial charge is 0.340 e. The Morgan fingerprint density at radius 2 is 1.88 bits per heavy atom. The molecule has 7 nitrogen and oxygen atoms in total. The van der Waals surface area contributed by atoms with Crippen LogP contribution in [0.25, 0.3) is 0 Å². The van der Waals surface area contributed by atoms with Gasteiger partial charge in [0.1, 0.15) is 6.04 Å². The summed E-state index contributed by atoms with van der Waals surface area (Å²) in [5.74, 6) is 1.45. The van der Waals surface area contributed by atoms with E-state index in [1.807, 2.05) is 42.1 Å². The number of carbonyl (C=O) groups excluding carboxylic acids is 1. The average molecular weight is 357 g/mol. The predicted octanol–water partition coefficient (Wildman–Crippen LogP) is 1.63. The number of aromatic nitrogens is 2. The second-order valence-corrected chi connectivity index (χ2v) is 7.05. The summed E-state index contributed by atoms with van der Waals surface area (Å²) >= 11 is 0. The number of amides is 1. The fourth-order valence-corrected chi connectivity index (χ4v) is 3.43. The van der Waals surface area contributed by atoms with E-state index >= 15 is 0 Å². The van der Waals surface area contributed by atoms with Crippen LogP contribution in [0.3, 0.4) is 0 Å². The molecule has 2 heterocycles. The quantitative estimate of drug-likeness (QED) is 0.810. The molecule has 26 heavy (non-hydrogen) atoms. The van der Waals surface area contributed by atoms with Gasteiger partial charge in [-0.3, -0.25) is 14.6 Å². The molecule has 1 aromatic heterocycles. The molecule has 0 saturated carbocycles. The zero-order valence-electron chi connectivity index (χ0n) is 16.0. The summed E-state index contributed by atoms with van der Waals surface area (Å²) in [4.78, 5) is 23.7. The lowest BCUT2D eigenvalue weighted by molar-refractivity contribution is -0.138. The molecule has 0 radical (unpaired) electrons. The van der Waals surface area contributed by atoms with Crippen molar-refractivity contribution in [3.8, 4) is 0 Å². The Kier molecular flexibility index (Phi) is 5.68. The Hall–Kier alpha value is -2.25. The first-order valence-electron chi connectivity index (χ1n) is 8.98. The molecular weight excluding hydrogens is 330 g/mol. The van der Waals surface area contributed by atoms with E-state index in [1.165, 1.54) is 0 Å². The minimum atomic E-state index is -0.248. The van der Waals surface area contributed by atoms with Gasteiger partial charge in [0, 0.05) is 33.1 Å². The normalized spacial score (nSPS) is 16.9. The molecule has 1 atom stereocenters. The minimum absolute atomic E-state index is 0.166. The number of piperazine rings is 1. The molecule has 1 aliphatic rings. The molecule has 3 rings (SSSR count). The summed E-state index contributed by atoms with van der Waals surface area (Å²) in [6.45, 7) is 7.57. The van der Waals surface area contributed by atoms with E-state index in [2.05, 4.69) is 28.0 Å². The number of carbonyl (C=O) groups is 1. The molecule has 0 bridgehead atoms. The first-order valence-corrected chi connectivity index (χ1v) is 8.98. The fraction of sp³-hybridized carbons (Fsp3) is 0.526. The molecule has 2 aromatic rings. The molecule has 140 valence electrons. The molecular formula is C19H27N5O2. The first-order chi connectivity index (χ1) is 12.5. The topological polar surface area (TPSA) is 65.7 Å². The maximum Gasteiger partial charge on any atom is 0.244 e. The Balaban J connectivity index is 1.64. The van der Waals surface area contributed by atoms with Gasteiger partial charge in [-0.25, -0.2) is 0 Å². The lowest BCUT2D eigenvalue weighted by atomic mass is 9.99. The van der Waals surface area contributed by atoms with Crippen molar-refractivity contribution < 1.29 is 9.32 Å². The third-order valence-electron chi connectivity index (χ3n) is 4.85. The van der Waals surface area contributed by atoms with Crippen LogP contribution in [0.5, 0.6) is 0 Å². The van der Waals surface area contributed by atoms with Gasteiger partial charge in [-0.2, -0.15) is 4.98 Å². The van der Waals surface area contributed by atoms with Crippen molar-refractivity contribution in [1.82, 2.24) is 24.8 Å². The second-order valence-electron chi connectivity index (χ2n) is 7.05. The number of hydrogen-bond acceptors (Lipinski definition) is 6. The van der Waals surface area contributed by atoms with Crippen LogP contribution in [0, 0.1) is 13.8 Å². The number of hydrogen-bond donors (Lipinski definition) is 0. The van der Waals surface area contributed by atoms with Crippen LogP contribution < -0.4 is 0 Å². The predicted molar refractivity (Wildman–Crippen MR) is 98.5 cm³/mol. The molecule has 1 fully saturated rings. The van der Waals surface area contributed by atoms with Gasteiger partial charge in [0.15, 0.2) is 5.82 Å². The molecule has 1 saturated heterocycles. The lowest BCUT2D eigenvalue weighted by Crippen LogP contribution is -2.51. The zero-order chi connectivity index (χ0) is 18.7. The van der Waals surface area contributed by atoms with Gasteiger partial charge < -0.3 is 9.42 Å². The number of nitrogens with zero attached hydrogens (tertiary/aromatic N) is 5. The van der Waals surface area contributed by atoms with Crippen molar-refractivity contribution >= 4 is 5.91 Å². The standard InChI is InChI=1S/C19H27N5O2/c1-14-7-5-6-8-16(14)18(22(3)4)19(25)24-11-9-23(10-12-24)13-17-20-15(2)26-21-17/h5-8,18H,9-13H2,1-4H3/t18-/m1/s1. The number of likely N-dealkylation sites (N-methyl/N-ethyl adjacent to an activating group) is 1. The molecule has 7 heteroatoms. The fourth-order valence-electron chi connectivity index (χ4n) is 3.43. The Labute approximate surface area is 154 Å². The summed E-state index contributed by atoms with van der Waals surface area (Å²) < 4.78 is 5.03. The van der Waals surface area contributed by atoms with Crippen molar-refractivity contribution in [2.75, 3.05) is 40.3 Å². The first kappa shape index (κ1) is 18.5. The van der Waals surface area contributed by atoms with Gasteiger partial charge in [-0.05, 0) is 32.1 Å². The second kappa shape index (κ2) is 7.97. The van der Waals surface area contributed by atoms with Crippen LogP contribution in [-0.2, 0) is 11.3 Å². The van der Waals surface area contributed by atoms with E-state index in [0.717, 1.165) is 24.2 Å². The van der Waals surface area contributed by atoms with Crippen LogP contribution >= 0.6 is 0 Å². The van der Waals surface area contributed by atoms with E-state index in [4.69, 9.17) is 4.52 Å². The van der Waals surface area contributed by atoms with E-state index in [9.17, 15) is 4.79 Å². The van der Waals surface area contributed by atoms with Crippen molar-refractivity contribution in [1.29, 1.82) is 0 Å². The van der Waals surface area contributed by atoms with E-state index in [0.29, 0.717) is 31.3 Å². The summed E-state index contributed by atoms with van der Waals surface area (Å²) in [5.41, 5.74) is 2.22. The highest BCUT2D eigenvalue weighted by atomic mass is 16.5. The van der Waals surface area contributed by atoms with Gasteiger partial charge >= 0.3 is 0 Å². The monoisotopic (exact) mass is 357 g/mol. The Morgan fingerprint density at radius 3 is 2.46 bits per heavy atom. The lowest BCUT2D eigenvalue weighted by Gasteiger charge is -2.37. The third-order valence-corrected chi connectivity index (χ3v) is 4.85. The highest BCUT2D eigenvalue weighted by Gasteiger charge is 2.31. The molecule has 1 aliphatic heterocycles. The molecule has 1 amide bonds. The molecule has 0 N–H and O–H groups in total. The van der Waals surface area contributed by atoms with Crippen molar-refractivity contribution in [2.24, 2.45) is 0 Å². The van der Waals surface area contributed by atoms with Gasteiger partial charge in [0.25, 0.3) is 0 Å². The Bertz CT molecular complexity index is 750. The van der Waals surface area contributed by atoms with Gasteiger partial charge in [-0.15, -0.1) is 0 Å². The van der Waals surface area contributed by atoms with Crippen molar-refractivity contribution in [2.45, 2.75) is 26.4 Å². The van der Waals surface area contributed by atoms with E-state index < -0.39 is 0 Å². The van der Waals surface area contributed by atoms with Crippen molar-refractivity contribution in [3.05, 3.63) is 47.1 Å². The van der Waals surface area contributed by atoms with Crippen LogP contribution in [-0.4, -0.2) is 71.0 Å². The third kappa shape index (κ3) is 4.11. The molecule has 0 aliphatic carbocycles. The number of benzene rings is 1. The summed E-state index contributed by atoms with van der Waals surface area (Å²) in [5, 5.41) is 3.95. The summed E-state index contributed by atoms with van der Waals surface area (Å²) in [7, 11) is 3.92. The van der Waals surface area contributed by atoms with Gasteiger partial charge in [0.05, 0.1) is 6.54 Å². The van der Waals surface area contributed by atoms with E-state index in [-0.39, 0.29) is 11.9 Å². The zero-order valence-corrected chi connectivity index (χ0v) is 16.0. The maximum atomic E-state index is 13.2. The highest BCUT2D eigenvalue weighted by molar-refractivity contribution is 5.83. The number of rotatable bonds is 5. The van der Waals surface area contributed by atoms with Gasteiger partial charge in [0.2, 0.25) is 11.8 Å². The van der Waals surface area contributed by atoms with Crippen LogP contribution in [0.1, 0.15) is 28.9 Å². The van der Waals surface area contributed by atoms with Crippen LogP contribution in [0.15, 0.2) is 28.8 Å². The summed E-state index contributed by atoms with van der Waals surface area (Å²) in [6, 6.07) is 7.87. The SMILES string of the molecule is Cc1nc(CN2CCN(C(=O)[C@@H](c3ccccc3C)N(C)C)CC2)no1. The average Bonchev–Trinajstić information content (AvgIpc) is 3.02. The van der Waals surface area contributed by atoms with Crippen LogP contribution in [0.4, 0.5) is 0 Å². The van der Waals surface area contributed by atoms with Crippen molar-refractivity contribution in [3.63, 3.8) is 0 Å². The van der Waals surface area contributed by atoms with Gasteiger partial charge in [-0.1, -0.05) is 29.4 Å². The maximum absolute atomic E-state index is 13.2. The summed E-state index contributed by atoms with van der Waals surface area (Å²) in [6.07, 6.45) is 0. The molecule has 0 spiro atoms. The highest BCUT2D eigenvalue weighted by Crippen LogP contribution is 2.24. The van der Waals surface area contributed by atoms with Crippen LogP contribution in [0.2, 0.25) is 0 Å².